The maximum absolute atomic E-state index is 12.9. The van der Waals surface area contributed by atoms with Crippen molar-refractivity contribution in [1.82, 2.24) is 4.90 Å². The first-order valence-electron chi connectivity index (χ1n) is 6.85. The number of carbonyl (C=O) groups excluding carboxylic acids is 1. The highest BCUT2D eigenvalue weighted by atomic mass is 19.1. The Labute approximate surface area is 118 Å². The Bertz CT molecular complexity index is 455. The lowest BCUT2D eigenvalue weighted by molar-refractivity contribution is -0.146. The lowest BCUT2D eigenvalue weighted by Crippen LogP contribution is -2.49. The van der Waals surface area contributed by atoms with Gasteiger partial charge in [0.15, 0.2) is 0 Å². The summed E-state index contributed by atoms with van der Waals surface area (Å²) in [6.45, 7) is 1.95. The summed E-state index contributed by atoms with van der Waals surface area (Å²) in [5.74, 6) is -0.224. The van der Waals surface area contributed by atoms with Crippen molar-refractivity contribution in [2.24, 2.45) is 11.1 Å². The average molecular weight is 280 g/mol. The van der Waals surface area contributed by atoms with E-state index in [2.05, 4.69) is 0 Å². The van der Waals surface area contributed by atoms with Crippen LogP contribution in [0.4, 0.5) is 4.39 Å². The predicted octanol–water partition coefficient (Wildman–Crippen LogP) is 1.54. The van der Waals surface area contributed by atoms with Crippen molar-refractivity contribution in [2.75, 3.05) is 26.8 Å². The second kappa shape index (κ2) is 6.33. The number of ether oxygens (including phenoxy) is 1. The van der Waals surface area contributed by atoms with Crippen LogP contribution < -0.4 is 5.73 Å². The number of hydrogen-bond acceptors (Lipinski definition) is 3. The summed E-state index contributed by atoms with van der Waals surface area (Å²) < 4.78 is 18.2. The summed E-state index contributed by atoms with van der Waals surface area (Å²) >= 11 is 0. The summed E-state index contributed by atoms with van der Waals surface area (Å²) in [5.41, 5.74) is 6.23. The maximum Gasteiger partial charge on any atom is 0.230 e. The predicted molar refractivity (Wildman–Crippen MR) is 74.4 cm³/mol. The van der Waals surface area contributed by atoms with Gasteiger partial charge in [-0.2, -0.15) is 0 Å². The van der Waals surface area contributed by atoms with Crippen molar-refractivity contribution in [1.29, 1.82) is 0 Å². The molecule has 0 saturated carbocycles. The van der Waals surface area contributed by atoms with Crippen molar-refractivity contribution in [3.63, 3.8) is 0 Å². The van der Waals surface area contributed by atoms with Gasteiger partial charge in [-0.1, -0.05) is 12.1 Å². The van der Waals surface area contributed by atoms with Crippen molar-refractivity contribution >= 4 is 5.91 Å². The van der Waals surface area contributed by atoms with Crippen molar-refractivity contribution in [3.8, 4) is 0 Å². The van der Waals surface area contributed by atoms with Crippen LogP contribution in [0.25, 0.3) is 0 Å². The fourth-order valence-corrected chi connectivity index (χ4v) is 2.61. The molecule has 1 amide bonds. The average Bonchev–Trinajstić information content (AvgIpc) is 2.49. The fraction of sp³-hybridized carbons (Fsp3) is 0.533. The second-order valence-electron chi connectivity index (χ2n) is 5.38. The fourth-order valence-electron chi connectivity index (χ4n) is 2.61. The molecule has 1 aliphatic heterocycles. The molecule has 2 rings (SSSR count). The molecule has 0 unspecified atom stereocenters. The Balaban J connectivity index is 2.05. The lowest BCUT2D eigenvalue weighted by Gasteiger charge is -2.37. The topological polar surface area (TPSA) is 55.6 Å². The number of nitrogens with two attached hydrogens (primary N) is 1. The van der Waals surface area contributed by atoms with Crippen LogP contribution in [0.3, 0.4) is 0 Å². The van der Waals surface area contributed by atoms with Gasteiger partial charge < -0.3 is 15.4 Å². The molecule has 1 fully saturated rings. The van der Waals surface area contributed by atoms with Gasteiger partial charge in [0.05, 0.1) is 5.41 Å². The van der Waals surface area contributed by atoms with Gasteiger partial charge in [0.1, 0.15) is 5.82 Å². The summed E-state index contributed by atoms with van der Waals surface area (Å²) in [7, 11) is 1.76. The molecular weight excluding hydrogens is 259 g/mol. The molecule has 1 heterocycles. The van der Waals surface area contributed by atoms with Crippen LogP contribution in [0, 0.1) is 11.2 Å². The van der Waals surface area contributed by atoms with Crippen LogP contribution in [-0.2, 0) is 16.1 Å². The Kier molecular flexibility index (Phi) is 4.73. The van der Waals surface area contributed by atoms with E-state index in [1.807, 2.05) is 0 Å². The molecule has 1 aromatic carbocycles. The summed E-state index contributed by atoms with van der Waals surface area (Å²) in [6, 6.07) is 6.19. The molecule has 4 nitrogen and oxygen atoms in total. The zero-order chi connectivity index (χ0) is 14.6. The number of hydrogen-bond donors (Lipinski definition) is 1. The van der Waals surface area contributed by atoms with Crippen LogP contribution >= 0.6 is 0 Å². The van der Waals surface area contributed by atoms with Crippen molar-refractivity contribution in [2.45, 2.75) is 19.4 Å². The normalized spacial score (nSPS) is 17.8. The Morgan fingerprint density at radius 2 is 1.95 bits per heavy atom. The number of carbonyl (C=O) groups is 1. The minimum absolute atomic E-state index is 0.0487. The summed E-state index contributed by atoms with van der Waals surface area (Å²) in [4.78, 5) is 14.3. The van der Waals surface area contributed by atoms with E-state index in [0.717, 1.165) is 5.56 Å². The number of halogens is 1. The first-order chi connectivity index (χ1) is 9.57. The molecule has 5 heteroatoms. The van der Waals surface area contributed by atoms with E-state index >= 15 is 0 Å². The third-order valence-electron chi connectivity index (χ3n) is 3.97. The van der Waals surface area contributed by atoms with Crippen LogP contribution in [0.15, 0.2) is 24.3 Å². The van der Waals surface area contributed by atoms with E-state index in [4.69, 9.17) is 10.5 Å². The molecular formula is C15H21FN2O2. The minimum Gasteiger partial charge on any atom is -0.381 e. The smallest absolute Gasteiger partial charge is 0.230 e. The monoisotopic (exact) mass is 280 g/mol. The molecule has 20 heavy (non-hydrogen) atoms. The third-order valence-corrected chi connectivity index (χ3v) is 3.97. The molecule has 1 saturated heterocycles. The van der Waals surface area contributed by atoms with Crippen molar-refractivity contribution < 1.29 is 13.9 Å². The minimum atomic E-state index is -0.507. The van der Waals surface area contributed by atoms with E-state index in [1.165, 1.54) is 12.1 Å². The molecule has 0 aromatic heterocycles. The van der Waals surface area contributed by atoms with Crippen LogP contribution in [-0.4, -0.2) is 37.6 Å². The number of nitrogens with zero attached hydrogens (tertiary/aromatic N) is 1. The highest BCUT2D eigenvalue weighted by Crippen LogP contribution is 2.31. The standard InChI is InChI=1S/C15H21FN2O2/c1-18(10-12-2-4-13(16)5-3-12)14(19)15(11-17)6-8-20-9-7-15/h2-5H,6-11,17H2,1H3. The lowest BCUT2D eigenvalue weighted by atomic mass is 9.79. The first kappa shape index (κ1) is 14.9. The highest BCUT2D eigenvalue weighted by Gasteiger charge is 2.40. The molecule has 110 valence electrons. The Morgan fingerprint density at radius 3 is 2.50 bits per heavy atom. The second-order valence-corrected chi connectivity index (χ2v) is 5.38. The first-order valence-corrected chi connectivity index (χ1v) is 6.85. The van der Waals surface area contributed by atoms with Crippen LogP contribution in [0.2, 0.25) is 0 Å². The quantitative estimate of drug-likeness (QED) is 0.910. The number of benzene rings is 1. The van der Waals surface area contributed by atoms with Gasteiger partial charge in [0, 0.05) is 33.4 Å². The van der Waals surface area contributed by atoms with Crippen LogP contribution in [0.5, 0.6) is 0 Å². The molecule has 0 bridgehead atoms. The summed E-state index contributed by atoms with van der Waals surface area (Å²) in [5, 5.41) is 0. The number of rotatable bonds is 4. The van der Waals surface area contributed by atoms with E-state index in [9.17, 15) is 9.18 Å². The van der Waals surface area contributed by atoms with Gasteiger partial charge in [-0.15, -0.1) is 0 Å². The van der Waals surface area contributed by atoms with E-state index < -0.39 is 5.41 Å². The zero-order valence-corrected chi connectivity index (χ0v) is 11.8. The van der Waals surface area contributed by atoms with Gasteiger partial charge in [0.25, 0.3) is 0 Å². The Hall–Kier alpha value is -1.46. The highest BCUT2D eigenvalue weighted by molar-refractivity contribution is 5.83. The van der Waals surface area contributed by atoms with Crippen molar-refractivity contribution in [3.05, 3.63) is 35.6 Å². The molecule has 2 N–H and O–H groups in total. The van der Waals surface area contributed by atoms with Gasteiger partial charge in [-0.25, -0.2) is 4.39 Å². The van der Waals surface area contributed by atoms with Gasteiger partial charge in [-0.05, 0) is 30.5 Å². The van der Waals surface area contributed by atoms with Crippen LogP contribution in [0.1, 0.15) is 18.4 Å². The zero-order valence-electron chi connectivity index (χ0n) is 11.8. The van der Waals surface area contributed by atoms with Gasteiger partial charge >= 0.3 is 0 Å². The molecule has 1 aliphatic rings. The third kappa shape index (κ3) is 3.16. The SMILES string of the molecule is CN(Cc1ccc(F)cc1)C(=O)C1(CN)CCOCC1. The molecule has 1 aromatic rings. The molecule has 0 aliphatic carbocycles. The molecule has 0 radical (unpaired) electrons. The molecule has 0 spiro atoms. The van der Waals surface area contributed by atoms with E-state index in [-0.39, 0.29) is 11.7 Å². The maximum atomic E-state index is 12.9. The largest absolute Gasteiger partial charge is 0.381 e. The van der Waals surface area contributed by atoms with E-state index in [1.54, 1.807) is 24.1 Å². The molecule has 0 atom stereocenters. The number of amides is 1. The Morgan fingerprint density at radius 1 is 1.35 bits per heavy atom. The van der Waals surface area contributed by atoms with Gasteiger partial charge in [0.2, 0.25) is 5.91 Å². The summed E-state index contributed by atoms with van der Waals surface area (Å²) in [6.07, 6.45) is 1.33. The van der Waals surface area contributed by atoms with E-state index in [0.29, 0.717) is 39.1 Å². The van der Waals surface area contributed by atoms with Gasteiger partial charge in [-0.3, -0.25) is 4.79 Å².